The molecule has 0 aliphatic heterocycles. The van der Waals surface area contributed by atoms with Crippen LogP contribution in [-0.2, 0) is 0 Å². The summed E-state index contributed by atoms with van der Waals surface area (Å²) in [5.74, 6) is 0.538. The summed E-state index contributed by atoms with van der Waals surface area (Å²) in [5.41, 5.74) is 0.571. The molecule has 100 valence electrons. The number of anilines is 1. The van der Waals surface area contributed by atoms with Gasteiger partial charge in [0, 0.05) is 16.7 Å². The highest BCUT2D eigenvalue weighted by atomic mass is 35.5. The van der Waals surface area contributed by atoms with E-state index in [1.165, 1.54) is 0 Å². The number of nitrogens with one attached hydrogen (secondary N) is 1. The fraction of sp³-hybridized carbons (Fsp3) is 0.286. The van der Waals surface area contributed by atoms with E-state index in [1.807, 2.05) is 4.68 Å². The van der Waals surface area contributed by atoms with Gasteiger partial charge in [-0.05, 0) is 37.6 Å². The average molecular weight is 278 g/mol. The van der Waals surface area contributed by atoms with E-state index in [4.69, 9.17) is 11.6 Å². The summed E-state index contributed by atoms with van der Waals surface area (Å²) < 4.78 is 1.81. The summed E-state index contributed by atoms with van der Waals surface area (Å²) in [6, 6.07) is 8.82. The molecule has 5 heteroatoms. The van der Waals surface area contributed by atoms with Gasteiger partial charge in [0.15, 0.2) is 0 Å². The molecule has 1 aromatic carbocycles. The zero-order valence-electron chi connectivity index (χ0n) is 10.9. The van der Waals surface area contributed by atoms with E-state index in [-0.39, 0.29) is 11.9 Å². The molecule has 0 aliphatic carbocycles. The fourth-order valence-corrected chi connectivity index (χ4v) is 1.85. The molecular weight excluding hydrogens is 262 g/mol. The molecule has 0 spiro atoms. The molecule has 2 rings (SSSR count). The highest BCUT2D eigenvalue weighted by molar-refractivity contribution is 6.30. The second kappa shape index (κ2) is 5.89. The average Bonchev–Trinajstić information content (AvgIpc) is 2.86. The Morgan fingerprint density at radius 2 is 2.05 bits per heavy atom. The van der Waals surface area contributed by atoms with Gasteiger partial charge in [-0.1, -0.05) is 18.5 Å². The molecule has 0 unspecified atom stereocenters. The van der Waals surface area contributed by atoms with E-state index in [9.17, 15) is 4.79 Å². The molecule has 0 fully saturated rings. The maximum Gasteiger partial charge on any atom is 0.256 e. The molecule has 0 bridgehead atoms. The Balaban J connectivity index is 2.15. The third kappa shape index (κ3) is 3.15. The van der Waals surface area contributed by atoms with Crippen molar-refractivity contribution in [2.45, 2.75) is 26.3 Å². The highest BCUT2D eigenvalue weighted by Gasteiger charge is 2.12. The smallest absolute Gasteiger partial charge is 0.256 e. The third-order valence-electron chi connectivity index (χ3n) is 3.03. The van der Waals surface area contributed by atoms with Crippen LogP contribution in [0.4, 0.5) is 5.82 Å². The quantitative estimate of drug-likeness (QED) is 0.925. The minimum absolute atomic E-state index is 0.165. The fourth-order valence-electron chi connectivity index (χ4n) is 1.73. The van der Waals surface area contributed by atoms with Crippen LogP contribution in [0.1, 0.15) is 36.7 Å². The topological polar surface area (TPSA) is 46.9 Å². The number of nitrogens with zero attached hydrogens (tertiary/aromatic N) is 2. The first-order valence-electron chi connectivity index (χ1n) is 6.22. The van der Waals surface area contributed by atoms with Gasteiger partial charge < -0.3 is 5.32 Å². The van der Waals surface area contributed by atoms with Crippen LogP contribution in [0.25, 0.3) is 0 Å². The van der Waals surface area contributed by atoms with Crippen LogP contribution in [0.3, 0.4) is 0 Å². The predicted octanol–water partition coefficient (Wildman–Crippen LogP) is 3.76. The third-order valence-corrected chi connectivity index (χ3v) is 3.28. The molecule has 1 heterocycles. The van der Waals surface area contributed by atoms with Crippen LogP contribution >= 0.6 is 11.6 Å². The zero-order chi connectivity index (χ0) is 13.8. The molecule has 4 nitrogen and oxygen atoms in total. The molecular formula is C14H16ClN3O. The molecule has 2 aromatic rings. The van der Waals surface area contributed by atoms with Crippen molar-refractivity contribution in [3.05, 3.63) is 47.1 Å². The Hall–Kier alpha value is -1.81. The van der Waals surface area contributed by atoms with Gasteiger partial charge in [-0.25, -0.2) is 4.68 Å². The predicted molar refractivity (Wildman–Crippen MR) is 76.6 cm³/mol. The van der Waals surface area contributed by atoms with E-state index in [1.54, 1.807) is 36.5 Å². The molecule has 0 aliphatic rings. The van der Waals surface area contributed by atoms with Gasteiger partial charge >= 0.3 is 0 Å². The van der Waals surface area contributed by atoms with E-state index < -0.39 is 0 Å². The van der Waals surface area contributed by atoms with Crippen LogP contribution in [0.2, 0.25) is 5.02 Å². The Labute approximate surface area is 117 Å². The van der Waals surface area contributed by atoms with Gasteiger partial charge in [-0.3, -0.25) is 4.79 Å². The number of rotatable bonds is 4. The number of carbonyl (C=O) groups excluding carboxylic acids is 1. The summed E-state index contributed by atoms with van der Waals surface area (Å²) in [4.78, 5) is 12.1. The van der Waals surface area contributed by atoms with Crippen LogP contribution in [0.5, 0.6) is 0 Å². The lowest BCUT2D eigenvalue weighted by Gasteiger charge is -2.14. The maximum atomic E-state index is 12.1. The Bertz CT molecular complexity index is 562. The lowest BCUT2D eigenvalue weighted by Crippen LogP contribution is -2.17. The number of hydrogen-bond donors (Lipinski definition) is 1. The maximum absolute atomic E-state index is 12.1. The monoisotopic (exact) mass is 277 g/mol. The van der Waals surface area contributed by atoms with Crippen LogP contribution in [0, 0.1) is 0 Å². The summed E-state index contributed by atoms with van der Waals surface area (Å²) >= 11 is 5.80. The molecule has 0 radical (unpaired) electrons. The van der Waals surface area contributed by atoms with Gasteiger partial charge in [0.1, 0.15) is 5.82 Å². The van der Waals surface area contributed by atoms with Crippen molar-refractivity contribution in [2.75, 3.05) is 5.32 Å². The van der Waals surface area contributed by atoms with Gasteiger partial charge in [-0.15, -0.1) is 0 Å². The molecule has 1 atom stereocenters. The molecule has 0 saturated carbocycles. The van der Waals surface area contributed by atoms with Gasteiger partial charge in [0.25, 0.3) is 5.91 Å². The van der Waals surface area contributed by atoms with Crippen molar-refractivity contribution >= 4 is 23.3 Å². The van der Waals surface area contributed by atoms with Crippen LogP contribution < -0.4 is 5.32 Å². The van der Waals surface area contributed by atoms with Crippen molar-refractivity contribution in [1.29, 1.82) is 0 Å². The van der Waals surface area contributed by atoms with Crippen molar-refractivity contribution in [3.8, 4) is 0 Å². The van der Waals surface area contributed by atoms with E-state index in [2.05, 4.69) is 24.3 Å². The van der Waals surface area contributed by atoms with Gasteiger partial charge in [0.2, 0.25) is 0 Å². The van der Waals surface area contributed by atoms with E-state index >= 15 is 0 Å². The van der Waals surface area contributed by atoms with Crippen LogP contribution in [0.15, 0.2) is 36.5 Å². The summed E-state index contributed by atoms with van der Waals surface area (Å²) in [6.45, 7) is 4.14. The number of halogens is 1. The minimum atomic E-state index is -0.165. The molecule has 1 N–H and O–H groups in total. The Kier molecular flexibility index (Phi) is 4.22. The number of amides is 1. The largest absolute Gasteiger partial charge is 0.307 e. The van der Waals surface area contributed by atoms with Gasteiger partial charge in [0.05, 0.1) is 12.2 Å². The van der Waals surface area contributed by atoms with Crippen LogP contribution in [-0.4, -0.2) is 15.7 Å². The minimum Gasteiger partial charge on any atom is -0.307 e. The SMILES string of the molecule is CC[C@@H](C)n1nccc1NC(=O)c1ccc(Cl)cc1. The summed E-state index contributed by atoms with van der Waals surface area (Å²) in [5, 5.41) is 7.70. The second-order valence-corrected chi connectivity index (χ2v) is 4.82. The molecule has 1 aromatic heterocycles. The zero-order valence-corrected chi connectivity index (χ0v) is 11.7. The molecule has 1 amide bonds. The summed E-state index contributed by atoms with van der Waals surface area (Å²) in [6.07, 6.45) is 2.63. The normalized spacial score (nSPS) is 12.2. The molecule has 19 heavy (non-hydrogen) atoms. The lowest BCUT2D eigenvalue weighted by atomic mass is 10.2. The Morgan fingerprint density at radius 3 is 2.68 bits per heavy atom. The number of carbonyl (C=O) groups is 1. The standard InChI is InChI=1S/C14H16ClN3O/c1-3-10(2)18-13(8-9-16-18)17-14(19)11-4-6-12(15)7-5-11/h4-10H,3H2,1-2H3,(H,17,19)/t10-/m1/s1. The van der Waals surface area contributed by atoms with E-state index in [0.29, 0.717) is 16.4 Å². The lowest BCUT2D eigenvalue weighted by molar-refractivity contribution is 0.102. The first-order chi connectivity index (χ1) is 9.11. The Morgan fingerprint density at radius 1 is 1.37 bits per heavy atom. The molecule has 0 saturated heterocycles. The van der Waals surface area contributed by atoms with Crippen molar-refractivity contribution < 1.29 is 4.79 Å². The number of hydrogen-bond acceptors (Lipinski definition) is 2. The number of aromatic nitrogens is 2. The van der Waals surface area contributed by atoms with E-state index in [0.717, 1.165) is 6.42 Å². The number of benzene rings is 1. The first kappa shape index (κ1) is 13.6. The van der Waals surface area contributed by atoms with Gasteiger partial charge in [-0.2, -0.15) is 5.10 Å². The van der Waals surface area contributed by atoms with Crippen molar-refractivity contribution in [3.63, 3.8) is 0 Å². The first-order valence-corrected chi connectivity index (χ1v) is 6.60. The second-order valence-electron chi connectivity index (χ2n) is 4.38. The summed E-state index contributed by atoms with van der Waals surface area (Å²) in [7, 11) is 0. The van der Waals surface area contributed by atoms with Crippen molar-refractivity contribution in [1.82, 2.24) is 9.78 Å². The van der Waals surface area contributed by atoms with Crippen molar-refractivity contribution in [2.24, 2.45) is 0 Å². The highest BCUT2D eigenvalue weighted by Crippen LogP contribution is 2.17.